The first-order valence-corrected chi connectivity index (χ1v) is 7.16. The van der Waals surface area contributed by atoms with Crippen molar-refractivity contribution in [2.45, 2.75) is 33.1 Å². The van der Waals surface area contributed by atoms with Crippen molar-refractivity contribution < 1.29 is 0 Å². The molecule has 0 radical (unpaired) electrons. The van der Waals surface area contributed by atoms with Gasteiger partial charge in [-0.2, -0.15) is 0 Å². The van der Waals surface area contributed by atoms with Crippen LogP contribution in [0.2, 0.25) is 0 Å². The molecule has 1 aromatic carbocycles. The second-order valence-electron chi connectivity index (χ2n) is 4.69. The van der Waals surface area contributed by atoms with E-state index in [2.05, 4.69) is 52.6 Å². The van der Waals surface area contributed by atoms with Crippen molar-refractivity contribution in [3.8, 4) is 0 Å². The molecule has 106 valence electrons. The zero-order valence-electron chi connectivity index (χ0n) is 12.4. The summed E-state index contributed by atoms with van der Waals surface area (Å²) in [6.07, 6.45) is 4.67. The zero-order valence-corrected chi connectivity index (χ0v) is 12.4. The van der Waals surface area contributed by atoms with Crippen LogP contribution in [-0.4, -0.2) is 17.0 Å². The molecular weight excluding hydrogens is 248 g/mol. The molecule has 2 rings (SSSR count). The van der Waals surface area contributed by atoms with Crippen LogP contribution in [0.3, 0.4) is 0 Å². The van der Waals surface area contributed by atoms with Crippen molar-refractivity contribution in [2.75, 3.05) is 17.7 Å². The van der Waals surface area contributed by atoms with Crippen LogP contribution < -0.4 is 10.6 Å². The predicted molar refractivity (Wildman–Crippen MR) is 84.7 cm³/mol. The fourth-order valence-electron chi connectivity index (χ4n) is 2.33. The molecule has 0 aliphatic rings. The van der Waals surface area contributed by atoms with E-state index in [0.29, 0.717) is 0 Å². The van der Waals surface area contributed by atoms with E-state index < -0.39 is 0 Å². The van der Waals surface area contributed by atoms with Gasteiger partial charge in [0.2, 0.25) is 0 Å². The predicted octanol–water partition coefficient (Wildman–Crippen LogP) is 3.78. The standard InChI is InChI=1S/C16H22N4/c1-4-8-12-9-6-7-10-14(12)20-16-13(5-2)15(17-3)18-11-19-16/h6-7,9-11H,4-5,8H2,1-3H3,(H2,17,18,19,20). The lowest BCUT2D eigenvalue weighted by Crippen LogP contribution is -2.06. The first kappa shape index (κ1) is 14.3. The second-order valence-corrected chi connectivity index (χ2v) is 4.69. The molecule has 1 heterocycles. The van der Waals surface area contributed by atoms with Crippen LogP contribution in [0.15, 0.2) is 30.6 Å². The van der Waals surface area contributed by atoms with Gasteiger partial charge in [-0.1, -0.05) is 38.5 Å². The number of nitrogens with one attached hydrogen (secondary N) is 2. The summed E-state index contributed by atoms with van der Waals surface area (Å²) < 4.78 is 0. The molecule has 4 heteroatoms. The Morgan fingerprint density at radius 2 is 1.80 bits per heavy atom. The van der Waals surface area contributed by atoms with E-state index in [-0.39, 0.29) is 0 Å². The summed E-state index contributed by atoms with van der Waals surface area (Å²) >= 11 is 0. The number of para-hydroxylation sites is 1. The number of aromatic nitrogens is 2. The average Bonchev–Trinajstić information content (AvgIpc) is 2.49. The monoisotopic (exact) mass is 270 g/mol. The van der Waals surface area contributed by atoms with Gasteiger partial charge >= 0.3 is 0 Å². The molecule has 2 N–H and O–H groups in total. The Balaban J connectivity index is 2.35. The minimum absolute atomic E-state index is 0.884. The first-order valence-electron chi connectivity index (χ1n) is 7.16. The van der Waals surface area contributed by atoms with Crippen molar-refractivity contribution in [3.63, 3.8) is 0 Å². The Morgan fingerprint density at radius 1 is 1.05 bits per heavy atom. The lowest BCUT2D eigenvalue weighted by molar-refractivity contribution is 0.922. The SMILES string of the molecule is CCCc1ccccc1Nc1ncnc(NC)c1CC. The molecule has 0 saturated carbocycles. The van der Waals surface area contributed by atoms with Gasteiger partial charge in [-0.05, 0) is 24.5 Å². The maximum absolute atomic E-state index is 4.39. The van der Waals surface area contributed by atoms with E-state index >= 15 is 0 Å². The van der Waals surface area contributed by atoms with Gasteiger partial charge in [-0.25, -0.2) is 9.97 Å². The summed E-state index contributed by atoms with van der Waals surface area (Å²) in [7, 11) is 1.89. The van der Waals surface area contributed by atoms with Gasteiger partial charge in [-0.3, -0.25) is 0 Å². The van der Waals surface area contributed by atoms with Crippen LogP contribution in [0, 0.1) is 0 Å². The number of aryl methyl sites for hydroxylation is 1. The number of rotatable bonds is 6. The second kappa shape index (κ2) is 6.89. The van der Waals surface area contributed by atoms with Gasteiger partial charge in [0.25, 0.3) is 0 Å². The van der Waals surface area contributed by atoms with E-state index in [1.807, 2.05) is 13.1 Å². The van der Waals surface area contributed by atoms with Crippen LogP contribution in [0.4, 0.5) is 17.3 Å². The van der Waals surface area contributed by atoms with Crippen molar-refractivity contribution in [3.05, 3.63) is 41.7 Å². The third-order valence-electron chi connectivity index (χ3n) is 3.33. The van der Waals surface area contributed by atoms with E-state index in [1.165, 1.54) is 5.56 Å². The molecule has 0 amide bonds. The lowest BCUT2D eigenvalue weighted by Gasteiger charge is -2.15. The highest BCUT2D eigenvalue weighted by Crippen LogP contribution is 2.26. The number of hydrogen-bond acceptors (Lipinski definition) is 4. The van der Waals surface area contributed by atoms with Gasteiger partial charge in [0.05, 0.1) is 0 Å². The Labute approximate surface area is 120 Å². The first-order chi connectivity index (χ1) is 9.80. The number of benzene rings is 1. The Kier molecular flexibility index (Phi) is 4.93. The molecule has 0 saturated heterocycles. The summed E-state index contributed by atoms with van der Waals surface area (Å²) in [6.45, 7) is 4.31. The molecule has 0 unspecified atom stereocenters. The maximum atomic E-state index is 4.39. The van der Waals surface area contributed by atoms with E-state index in [0.717, 1.165) is 42.1 Å². The Morgan fingerprint density at radius 3 is 2.50 bits per heavy atom. The fraction of sp³-hybridized carbons (Fsp3) is 0.375. The van der Waals surface area contributed by atoms with E-state index in [1.54, 1.807) is 6.33 Å². The summed E-state index contributed by atoms with van der Waals surface area (Å²) in [5.41, 5.74) is 3.56. The van der Waals surface area contributed by atoms with Gasteiger partial charge in [-0.15, -0.1) is 0 Å². The van der Waals surface area contributed by atoms with E-state index in [9.17, 15) is 0 Å². The Hall–Kier alpha value is -2.10. The molecule has 0 aliphatic carbocycles. The van der Waals surface area contributed by atoms with Crippen LogP contribution in [0.1, 0.15) is 31.4 Å². The third-order valence-corrected chi connectivity index (χ3v) is 3.33. The molecule has 0 spiro atoms. The molecule has 4 nitrogen and oxygen atoms in total. The summed E-state index contributed by atoms with van der Waals surface area (Å²) in [4.78, 5) is 8.66. The van der Waals surface area contributed by atoms with Gasteiger partial charge in [0, 0.05) is 18.3 Å². The van der Waals surface area contributed by atoms with Gasteiger partial charge < -0.3 is 10.6 Å². The minimum atomic E-state index is 0.884. The maximum Gasteiger partial charge on any atom is 0.139 e. The molecule has 20 heavy (non-hydrogen) atoms. The highest BCUT2D eigenvalue weighted by molar-refractivity contribution is 5.66. The molecule has 0 fully saturated rings. The highest BCUT2D eigenvalue weighted by atomic mass is 15.1. The third kappa shape index (κ3) is 3.07. The van der Waals surface area contributed by atoms with Crippen molar-refractivity contribution in [2.24, 2.45) is 0 Å². The highest BCUT2D eigenvalue weighted by Gasteiger charge is 2.10. The number of nitrogens with zero attached hydrogens (tertiary/aromatic N) is 2. The quantitative estimate of drug-likeness (QED) is 0.838. The van der Waals surface area contributed by atoms with Crippen LogP contribution in [0.5, 0.6) is 0 Å². The molecule has 2 aromatic rings. The Bertz CT molecular complexity index is 566. The smallest absolute Gasteiger partial charge is 0.139 e. The molecule has 1 aromatic heterocycles. The van der Waals surface area contributed by atoms with Crippen molar-refractivity contribution in [1.82, 2.24) is 9.97 Å². The summed E-state index contributed by atoms with van der Waals surface area (Å²) in [5, 5.41) is 6.58. The number of anilines is 3. The minimum Gasteiger partial charge on any atom is -0.373 e. The molecular formula is C16H22N4. The lowest BCUT2D eigenvalue weighted by atomic mass is 10.1. The largest absolute Gasteiger partial charge is 0.373 e. The van der Waals surface area contributed by atoms with Gasteiger partial charge in [0.1, 0.15) is 18.0 Å². The average molecular weight is 270 g/mol. The van der Waals surface area contributed by atoms with Crippen LogP contribution in [0.25, 0.3) is 0 Å². The molecule has 0 atom stereocenters. The number of hydrogen-bond donors (Lipinski definition) is 2. The fourth-order valence-corrected chi connectivity index (χ4v) is 2.33. The summed E-state index contributed by atoms with van der Waals surface area (Å²) in [6, 6.07) is 8.40. The van der Waals surface area contributed by atoms with Gasteiger partial charge in [0.15, 0.2) is 0 Å². The normalized spacial score (nSPS) is 10.3. The summed E-state index contributed by atoms with van der Waals surface area (Å²) in [5.74, 6) is 1.77. The van der Waals surface area contributed by atoms with Crippen molar-refractivity contribution >= 4 is 17.3 Å². The van der Waals surface area contributed by atoms with E-state index in [4.69, 9.17) is 0 Å². The topological polar surface area (TPSA) is 49.8 Å². The molecule has 0 bridgehead atoms. The molecule has 0 aliphatic heterocycles. The zero-order chi connectivity index (χ0) is 14.4. The van der Waals surface area contributed by atoms with Crippen LogP contribution >= 0.6 is 0 Å². The van der Waals surface area contributed by atoms with Crippen molar-refractivity contribution in [1.29, 1.82) is 0 Å². The van der Waals surface area contributed by atoms with Crippen LogP contribution in [-0.2, 0) is 12.8 Å².